The van der Waals surface area contributed by atoms with Crippen LogP contribution in [0, 0.1) is 0 Å². The van der Waals surface area contributed by atoms with Gasteiger partial charge < -0.3 is 14.1 Å². The van der Waals surface area contributed by atoms with Crippen LogP contribution in [0.15, 0.2) is 47.0 Å². The summed E-state index contributed by atoms with van der Waals surface area (Å²) in [4.78, 5) is 16.8. The molecular formula is C23H26ClN5O3. The molecule has 0 bridgehead atoms. The molecule has 0 saturated carbocycles. The Kier molecular flexibility index (Phi) is 6.25. The number of aromatic nitrogens is 3. The van der Waals surface area contributed by atoms with E-state index in [1.807, 2.05) is 41.1 Å². The highest BCUT2D eigenvalue weighted by Gasteiger charge is 2.25. The lowest BCUT2D eigenvalue weighted by atomic mass is 10.1. The first-order valence-electron chi connectivity index (χ1n) is 11.0. The molecular weight excluding hydrogens is 430 g/mol. The third kappa shape index (κ3) is 4.72. The van der Waals surface area contributed by atoms with Crippen LogP contribution in [0.5, 0.6) is 0 Å². The van der Waals surface area contributed by atoms with E-state index in [-0.39, 0.29) is 11.9 Å². The minimum atomic E-state index is -0.0645. The molecule has 2 saturated heterocycles. The maximum absolute atomic E-state index is 12.6. The fourth-order valence-corrected chi connectivity index (χ4v) is 4.49. The molecule has 8 nitrogen and oxygen atoms in total. The highest BCUT2D eigenvalue weighted by molar-refractivity contribution is 6.30. The van der Waals surface area contributed by atoms with Crippen molar-refractivity contribution in [3.8, 4) is 11.3 Å². The molecule has 2 aromatic heterocycles. The fourth-order valence-electron chi connectivity index (χ4n) is 4.30. The van der Waals surface area contributed by atoms with E-state index in [4.69, 9.17) is 20.8 Å². The number of ether oxygens (including phenoxy) is 1. The Labute approximate surface area is 191 Å². The van der Waals surface area contributed by atoms with Gasteiger partial charge in [0, 0.05) is 36.8 Å². The van der Waals surface area contributed by atoms with E-state index in [0.717, 1.165) is 49.6 Å². The molecule has 1 aromatic carbocycles. The van der Waals surface area contributed by atoms with E-state index in [2.05, 4.69) is 15.2 Å². The van der Waals surface area contributed by atoms with Gasteiger partial charge >= 0.3 is 0 Å². The lowest BCUT2D eigenvalue weighted by molar-refractivity contribution is 0.0299. The number of hydrogen-bond acceptors (Lipinski definition) is 6. The van der Waals surface area contributed by atoms with Crippen molar-refractivity contribution in [3.05, 3.63) is 59.1 Å². The van der Waals surface area contributed by atoms with Crippen molar-refractivity contribution in [1.29, 1.82) is 0 Å². The van der Waals surface area contributed by atoms with Gasteiger partial charge in [-0.25, -0.2) is 4.68 Å². The first-order chi connectivity index (χ1) is 15.7. The van der Waals surface area contributed by atoms with Crippen LogP contribution in [-0.2, 0) is 11.3 Å². The summed E-state index contributed by atoms with van der Waals surface area (Å²) in [6.45, 7) is 5.01. The maximum atomic E-state index is 12.6. The number of hydrogen-bond donors (Lipinski definition) is 0. The summed E-state index contributed by atoms with van der Waals surface area (Å²) in [7, 11) is 0. The Morgan fingerprint density at radius 2 is 1.91 bits per heavy atom. The predicted molar refractivity (Wildman–Crippen MR) is 119 cm³/mol. The lowest BCUT2D eigenvalue weighted by Gasteiger charge is -2.31. The van der Waals surface area contributed by atoms with E-state index in [9.17, 15) is 4.79 Å². The monoisotopic (exact) mass is 455 g/mol. The first-order valence-corrected chi connectivity index (χ1v) is 11.4. The smallest absolute Gasteiger partial charge is 0.276 e. The molecule has 0 aliphatic carbocycles. The van der Waals surface area contributed by atoms with Crippen molar-refractivity contribution in [2.45, 2.75) is 25.4 Å². The van der Waals surface area contributed by atoms with E-state index >= 15 is 0 Å². The summed E-state index contributed by atoms with van der Waals surface area (Å²) < 4.78 is 13.2. The van der Waals surface area contributed by atoms with Gasteiger partial charge in [0.1, 0.15) is 11.5 Å². The Morgan fingerprint density at radius 3 is 2.69 bits per heavy atom. The molecule has 3 aromatic rings. The van der Waals surface area contributed by atoms with Crippen LogP contribution >= 0.6 is 11.6 Å². The van der Waals surface area contributed by atoms with Crippen LogP contribution in [0.25, 0.3) is 11.3 Å². The number of halogens is 1. The van der Waals surface area contributed by atoms with Crippen LogP contribution in [0.2, 0.25) is 5.02 Å². The number of furan rings is 1. The van der Waals surface area contributed by atoms with Gasteiger partial charge in [0.25, 0.3) is 5.91 Å². The molecule has 2 aliphatic heterocycles. The predicted octanol–water partition coefficient (Wildman–Crippen LogP) is 3.50. The summed E-state index contributed by atoms with van der Waals surface area (Å²) in [5.74, 6) is 1.71. The lowest BCUT2D eigenvalue weighted by Crippen LogP contribution is -2.40. The Balaban J connectivity index is 1.15. The molecule has 0 spiro atoms. The molecule has 0 unspecified atom stereocenters. The number of amides is 1. The normalized spacial score (nSPS) is 18.2. The van der Waals surface area contributed by atoms with Gasteiger partial charge in [0.2, 0.25) is 0 Å². The number of morpholine rings is 1. The largest absolute Gasteiger partial charge is 0.460 e. The summed E-state index contributed by atoms with van der Waals surface area (Å²) >= 11 is 6.09. The van der Waals surface area contributed by atoms with Gasteiger partial charge in [-0.15, -0.1) is 5.10 Å². The van der Waals surface area contributed by atoms with Crippen LogP contribution < -0.4 is 0 Å². The van der Waals surface area contributed by atoms with E-state index in [1.165, 1.54) is 0 Å². The Morgan fingerprint density at radius 1 is 1.09 bits per heavy atom. The first kappa shape index (κ1) is 21.2. The second-order valence-electron chi connectivity index (χ2n) is 8.27. The van der Waals surface area contributed by atoms with Gasteiger partial charge in [0.05, 0.1) is 32.0 Å². The average molecular weight is 456 g/mol. The van der Waals surface area contributed by atoms with Crippen LogP contribution in [0.4, 0.5) is 0 Å². The number of likely N-dealkylation sites (tertiary alicyclic amines) is 1. The molecule has 4 heterocycles. The summed E-state index contributed by atoms with van der Waals surface area (Å²) in [6.07, 6.45) is 3.70. The van der Waals surface area contributed by atoms with Crippen molar-refractivity contribution in [3.63, 3.8) is 0 Å². The van der Waals surface area contributed by atoms with E-state index in [0.29, 0.717) is 37.0 Å². The molecule has 0 N–H and O–H groups in total. The molecule has 0 atom stereocenters. The summed E-state index contributed by atoms with van der Waals surface area (Å²) in [6, 6.07) is 12.0. The second kappa shape index (κ2) is 9.44. The quantitative estimate of drug-likeness (QED) is 0.586. The number of rotatable bonds is 5. The van der Waals surface area contributed by atoms with Crippen molar-refractivity contribution in [2.24, 2.45) is 0 Å². The third-order valence-electron chi connectivity index (χ3n) is 6.11. The van der Waals surface area contributed by atoms with Gasteiger partial charge in [-0.05, 0) is 37.1 Å². The molecule has 32 heavy (non-hydrogen) atoms. The van der Waals surface area contributed by atoms with Crippen molar-refractivity contribution < 1.29 is 13.9 Å². The topological polar surface area (TPSA) is 76.6 Å². The standard InChI is InChI=1S/C23H26ClN5O3/c24-18-3-1-2-17(14-18)22-5-4-20(32-22)15-27-8-6-19(7-9-27)29-16-21(25-26-29)23(30)28-10-12-31-13-11-28/h1-5,14,16,19H,6-13,15H2. The van der Waals surface area contributed by atoms with E-state index in [1.54, 1.807) is 11.1 Å². The zero-order valence-corrected chi connectivity index (χ0v) is 18.6. The molecule has 2 aliphatic rings. The molecule has 1 amide bonds. The highest BCUT2D eigenvalue weighted by atomic mass is 35.5. The fraction of sp³-hybridized carbons (Fsp3) is 0.435. The number of carbonyl (C=O) groups excluding carboxylic acids is 1. The minimum Gasteiger partial charge on any atom is -0.460 e. The number of benzene rings is 1. The van der Waals surface area contributed by atoms with Gasteiger partial charge in [-0.3, -0.25) is 9.69 Å². The molecule has 9 heteroatoms. The van der Waals surface area contributed by atoms with E-state index < -0.39 is 0 Å². The SMILES string of the molecule is O=C(c1cn(C2CCN(Cc3ccc(-c4cccc(Cl)c4)o3)CC2)nn1)N1CCOCC1. The number of piperidine rings is 1. The van der Waals surface area contributed by atoms with Crippen LogP contribution in [0.3, 0.4) is 0 Å². The Bertz CT molecular complexity index is 1070. The molecule has 5 rings (SSSR count). The van der Waals surface area contributed by atoms with Gasteiger partial charge in [-0.1, -0.05) is 28.9 Å². The van der Waals surface area contributed by atoms with Crippen LogP contribution in [0.1, 0.15) is 35.1 Å². The van der Waals surface area contributed by atoms with Crippen molar-refractivity contribution in [1.82, 2.24) is 24.8 Å². The molecule has 2 fully saturated rings. The van der Waals surface area contributed by atoms with Crippen molar-refractivity contribution >= 4 is 17.5 Å². The highest BCUT2D eigenvalue weighted by Crippen LogP contribution is 2.27. The average Bonchev–Trinajstić information content (AvgIpc) is 3.50. The summed E-state index contributed by atoms with van der Waals surface area (Å²) in [5.41, 5.74) is 1.40. The zero-order chi connectivity index (χ0) is 21.9. The maximum Gasteiger partial charge on any atom is 0.276 e. The minimum absolute atomic E-state index is 0.0645. The van der Waals surface area contributed by atoms with Crippen molar-refractivity contribution in [2.75, 3.05) is 39.4 Å². The van der Waals surface area contributed by atoms with Crippen LogP contribution in [-0.4, -0.2) is 70.1 Å². The molecule has 168 valence electrons. The zero-order valence-electron chi connectivity index (χ0n) is 17.8. The molecule has 0 radical (unpaired) electrons. The number of carbonyl (C=O) groups is 1. The van der Waals surface area contributed by atoms with Gasteiger partial charge in [0.15, 0.2) is 5.69 Å². The third-order valence-corrected chi connectivity index (χ3v) is 6.34. The Hall–Kier alpha value is -2.68. The second-order valence-corrected chi connectivity index (χ2v) is 8.71. The van der Waals surface area contributed by atoms with Gasteiger partial charge in [-0.2, -0.15) is 0 Å². The number of nitrogens with zero attached hydrogens (tertiary/aromatic N) is 5. The summed E-state index contributed by atoms with van der Waals surface area (Å²) in [5, 5.41) is 9.08.